The van der Waals surface area contributed by atoms with E-state index in [-0.39, 0.29) is 32.2 Å². The third-order valence-corrected chi connectivity index (χ3v) is 6.80. The van der Waals surface area contributed by atoms with Crippen LogP contribution in [0.15, 0.2) is 109 Å². The van der Waals surface area contributed by atoms with Crippen LogP contribution in [-0.4, -0.2) is 21.8 Å². The first kappa shape index (κ1) is 37.5. The van der Waals surface area contributed by atoms with Crippen LogP contribution in [0.2, 0.25) is 19.6 Å². The molecule has 1 nitrogen and oxygen atoms in total. The van der Waals surface area contributed by atoms with Crippen LogP contribution in [-0.2, 0) is 27.8 Å². The third-order valence-electron chi connectivity index (χ3n) is 5.72. The van der Waals surface area contributed by atoms with Crippen LogP contribution in [0.25, 0.3) is 43.1 Å². The van der Waals surface area contributed by atoms with E-state index in [4.69, 9.17) is 4.43 Å². The predicted molar refractivity (Wildman–Crippen MR) is 180 cm³/mol. The van der Waals surface area contributed by atoms with Crippen molar-refractivity contribution in [2.24, 2.45) is 0 Å². The molecule has 0 aliphatic heterocycles. The van der Waals surface area contributed by atoms with Gasteiger partial charge in [0, 0.05) is 6.61 Å². The van der Waals surface area contributed by atoms with Gasteiger partial charge in [-0.25, -0.2) is 0 Å². The van der Waals surface area contributed by atoms with E-state index in [1.54, 1.807) is 0 Å². The standard InChI is InChI=1S/2C13H9.C6H15OSi.CH3.2ClH.Si.Zr/c2*1-3-7-12-10(5-1)9-11-6-2-4-8-13(11)12;1-5-6-7-8(2,3)4;;;;;/h2*1-9H;1,5-6H2,2-4H3;1H3;2*1H;;/q4*-1;;;;. The molecule has 206 valence electrons. The molecule has 6 rings (SSSR count). The number of hydrogen-bond acceptors (Lipinski definition) is 1. The van der Waals surface area contributed by atoms with Crippen molar-refractivity contribution in [3.8, 4) is 0 Å². The van der Waals surface area contributed by atoms with Gasteiger partial charge < -0.3 is 18.8 Å². The molecule has 39 heavy (non-hydrogen) atoms. The summed E-state index contributed by atoms with van der Waals surface area (Å²) >= 11 is 1.36. The normalized spacial score (nSPS) is 9.92. The first-order valence-corrected chi connectivity index (χ1v) is 19.8. The minimum atomic E-state index is -1.22. The molecule has 0 amide bonds. The molecule has 0 N–H and O–H groups in total. The molecule has 6 aromatic rings. The largest absolute Gasteiger partial charge is 0.126 e. The summed E-state index contributed by atoms with van der Waals surface area (Å²) in [7, 11) is -1.22. The Labute approximate surface area is 265 Å². The summed E-state index contributed by atoms with van der Waals surface area (Å²) in [5.74, 6) is 0. The van der Waals surface area contributed by atoms with Gasteiger partial charge in [0.25, 0.3) is 0 Å². The van der Waals surface area contributed by atoms with Gasteiger partial charge in [-0.1, -0.05) is 72.8 Å². The molecule has 0 aliphatic rings. The Morgan fingerprint density at radius 1 is 0.615 bits per heavy atom. The van der Waals surface area contributed by atoms with Crippen molar-refractivity contribution in [2.75, 3.05) is 6.61 Å². The quantitative estimate of drug-likeness (QED) is 0.135. The zero-order chi connectivity index (χ0) is 26.0. The number of fused-ring (bicyclic) bond motifs is 6. The summed E-state index contributed by atoms with van der Waals surface area (Å²) in [5.41, 5.74) is 0. The van der Waals surface area contributed by atoms with Gasteiger partial charge in [-0.2, -0.15) is 6.42 Å². The Kier molecular flexibility index (Phi) is 18.0. The maximum Gasteiger partial charge on any atom is -0.0771 e. The van der Waals surface area contributed by atoms with E-state index in [0.717, 1.165) is 13.0 Å². The Bertz CT molecular complexity index is 1310. The Balaban J connectivity index is 0.000000535. The Hall–Kier alpha value is -1.52. The molecule has 0 atom stereocenters. The third kappa shape index (κ3) is 10.8. The van der Waals surface area contributed by atoms with Crippen LogP contribution in [0.3, 0.4) is 0 Å². The van der Waals surface area contributed by atoms with Crippen molar-refractivity contribution in [1.82, 2.24) is 0 Å². The maximum atomic E-state index is 5.45. The second-order valence-electron chi connectivity index (χ2n) is 9.45. The maximum absolute atomic E-state index is 5.45. The topological polar surface area (TPSA) is 9.23 Å². The van der Waals surface area contributed by atoms with Crippen LogP contribution in [0.1, 0.15) is 6.42 Å². The Morgan fingerprint density at radius 2 is 0.872 bits per heavy atom. The molecule has 0 aliphatic carbocycles. The molecule has 0 bridgehead atoms. The SMILES string of the molecule is Cl.Cl.[CH2-]CCO[Si](C)(C)C.[CH3-].[Si]=[Zr].c1ccc2c(c1)[cH-]c1ccccc12.c1ccc2c(c1)[cH-]c1ccccc12. The molecule has 6 aromatic carbocycles. The molecule has 6 heteroatoms. The summed E-state index contributed by atoms with van der Waals surface area (Å²) in [4.78, 5) is 0. The summed E-state index contributed by atoms with van der Waals surface area (Å²) in [6, 6.07) is 38.5. The number of halogens is 2. The zero-order valence-electron chi connectivity index (χ0n) is 23.2. The Morgan fingerprint density at radius 3 is 1.08 bits per heavy atom. The summed E-state index contributed by atoms with van der Waals surface area (Å²) in [5, 5.41) is 10.8. The van der Waals surface area contributed by atoms with Gasteiger partial charge in [-0.3, -0.25) is 0 Å². The first-order valence-electron chi connectivity index (χ1n) is 12.2. The summed E-state index contributed by atoms with van der Waals surface area (Å²) in [6.45, 7) is 14.1. The fourth-order valence-corrected chi connectivity index (χ4v) is 4.94. The fraction of sp³-hybridized carbons (Fsp3) is 0.152. The summed E-state index contributed by atoms with van der Waals surface area (Å²) < 4.78 is 5.45. The molecule has 0 spiro atoms. The van der Waals surface area contributed by atoms with Gasteiger partial charge in [-0.15, -0.1) is 104 Å². The monoisotopic (exact) mass is 666 g/mol. The van der Waals surface area contributed by atoms with E-state index < -0.39 is 8.32 Å². The van der Waals surface area contributed by atoms with Crippen molar-refractivity contribution >= 4 is 83.1 Å². The zero-order valence-corrected chi connectivity index (χ0v) is 29.3. The number of hydrogen-bond donors (Lipinski definition) is 0. The molecular formula is C33H38Cl2OSi2Zr-4. The van der Waals surface area contributed by atoms with Crippen LogP contribution in [0, 0.1) is 14.4 Å². The van der Waals surface area contributed by atoms with Gasteiger partial charge >= 0.3 is 30.2 Å². The van der Waals surface area contributed by atoms with Gasteiger partial charge in [0.2, 0.25) is 0 Å². The molecule has 0 aromatic heterocycles. The number of benzene rings is 4. The molecule has 2 radical (unpaired) electrons. The van der Waals surface area contributed by atoms with Crippen LogP contribution in [0.4, 0.5) is 0 Å². The molecular weight excluding hydrogens is 631 g/mol. The molecule has 0 saturated heterocycles. The minimum Gasteiger partial charge on any atom is -0.126 e. The van der Waals surface area contributed by atoms with E-state index in [0.29, 0.717) is 0 Å². The first-order chi connectivity index (χ1) is 17.5. The van der Waals surface area contributed by atoms with Gasteiger partial charge in [0.15, 0.2) is 8.32 Å². The van der Waals surface area contributed by atoms with E-state index in [1.165, 1.54) is 66.4 Å². The van der Waals surface area contributed by atoms with Crippen LogP contribution < -0.4 is 0 Å². The second kappa shape index (κ2) is 18.8. The number of rotatable bonds is 3. The molecule has 0 saturated carbocycles. The predicted octanol–water partition coefficient (Wildman–Crippen LogP) is 10.4. The smallest absolute Gasteiger partial charge is 0.0771 e. The van der Waals surface area contributed by atoms with Crippen molar-refractivity contribution in [3.63, 3.8) is 0 Å². The van der Waals surface area contributed by atoms with E-state index in [1.807, 2.05) is 0 Å². The molecule has 0 heterocycles. The van der Waals surface area contributed by atoms with Crippen molar-refractivity contribution in [2.45, 2.75) is 26.1 Å². The van der Waals surface area contributed by atoms with Gasteiger partial charge in [-0.05, 0) is 19.6 Å². The van der Waals surface area contributed by atoms with Crippen molar-refractivity contribution < 1.29 is 27.8 Å². The van der Waals surface area contributed by atoms with Crippen LogP contribution in [0.5, 0.6) is 0 Å². The summed E-state index contributed by atoms with van der Waals surface area (Å²) in [6.07, 6.45) is 0.893. The van der Waals surface area contributed by atoms with Crippen molar-refractivity contribution in [3.05, 3.63) is 124 Å². The fourth-order valence-electron chi connectivity index (χ4n) is 4.19. The van der Waals surface area contributed by atoms with Crippen LogP contribution >= 0.6 is 24.8 Å². The molecule has 0 fully saturated rings. The second-order valence-corrected chi connectivity index (χ2v) is 14.0. The van der Waals surface area contributed by atoms with Gasteiger partial charge in [0.1, 0.15) is 0 Å². The van der Waals surface area contributed by atoms with E-state index in [9.17, 15) is 0 Å². The van der Waals surface area contributed by atoms with Gasteiger partial charge in [0.05, 0.1) is 0 Å². The average molecular weight is 669 g/mol. The van der Waals surface area contributed by atoms with E-state index in [2.05, 4.69) is 143 Å². The average Bonchev–Trinajstić information content (AvgIpc) is 3.47. The minimum absolute atomic E-state index is 0. The van der Waals surface area contributed by atoms with Crippen molar-refractivity contribution in [1.29, 1.82) is 0 Å². The van der Waals surface area contributed by atoms with E-state index >= 15 is 0 Å². The molecule has 0 unspecified atom stereocenters.